The molecule has 1 aliphatic heterocycles. The highest BCUT2D eigenvalue weighted by Crippen LogP contribution is 2.37. The molecule has 172 valence electrons. The molecule has 1 amide bonds. The lowest BCUT2D eigenvalue weighted by Crippen LogP contribution is -2.55. The number of carbonyl (C=O) groups excluding carboxylic acids is 1. The zero-order chi connectivity index (χ0) is 23.6. The lowest BCUT2D eigenvalue weighted by molar-refractivity contribution is -0.129. The molecule has 0 spiro atoms. The van der Waals surface area contributed by atoms with Crippen LogP contribution in [-0.2, 0) is 21.2 Å². The molecule has 0 unspecified atom stereocenters. The maximum absolute atomic E-state index is 13.5. The summed E-state index contributed by atoms with van der Waals surface area (Å²) in [4.78, 5) is 13.4. The van der Waals surface area contributed by atoms with Gasteiger partial charge in [0.2, 0.25) is 0 Å². The molecule has 0 fully saturated rings. The third-order valence-electron chi connectivity index (χ3n) is 5.56. The molecular weight excluding hydrogens is 436 g/mol. The van der Waals surface area contributed by atoms with E-state index in [0.29, 0.717) is 17.9 Å². The Morgan fingerprint density at radius 3 is 2.33 bits per heavy atom. The quantitative estimate of drug-likeness (QED) is 0.596. The Labute approximate surface area is 195 Å². The standard InChI is InChI=1S/C26H28N2O4S/c1-19-14-15-22-23(16-19)32-24(18-28(22)33(30,31)21-12-8-5-9-13-21)25(29)27-26(2,3)17-20-10-6-4-7-11-20/h4-16,24H,17-18H2,1-3H3,(H,27,29)/t24-/m1/s1. The molecule has 7 heteroatoms. The smallest absolute Gasteiger partial charge is 0.264 e. The number of nitrogens with one attached hydrogen (secondary N) is 1. The number of ether oxygens (including phenoxy) is 1. The van der Waals surface area contributed by atoms with Crippen LogP contribution in [0.3, 0.4) is 0 Å². The number of benzene rings is 3. The van der Waals surface area contributed by atoms with Crippen LogP contribution in [0.2, 0.25) is 0 Å². The van der Waals surface area contributed by atoms with Crippen LogP contribution < -0.4 is 14.4 Å². The van der Waals surface area contributed by atoms with Crippen molar-refractivity contribution in [3.63, 3.8) is 0 Å². The van der Waals surface area contributed by atoms with Gasteiger partial charge in [0.15, 0.2) is 6.10 Å². The van der Waals surface area contributed by atoms with E-state index in [9.17, 15) is 13.2 Å². The first-order valence-corrected chi connectivity index (χ1v) is 12.3. The zero-order valence-corrected chi connectivity index (χ0v) is 19.8. The van der Waals surface area contributed by atoms with Crippen LogP contribution in [0.4, 0.5) is 5.69 Å². The Kier molecular flexibility index (Phi) is 6.17. The van der Waals surface area contributed by atoms with Gasteiger partial charge in [-0.3, -0.25) is 9.10 Å². The summed E-state index contributed by atoms with van der Waals surface area (Å²) >= 11 is 0. The normalized spacial score (nSPS) is 16.0. The van der Waals surface area contributed by atoms with Crippen LogP contribution in [-0.4, -0.2) is 32.5 Å². The molecule has 0 bridgehead atoms. The number of anilines is 1. The van der Waals surface area contributed by atoms with Crippen LogP contribution in [0.1, 0.15) is 25.0 Å². The van der Waals surface area contributed by atoms with Gasteiger partial charge in [0.05, 0.1) is 17.1 Å². The van der Waals surface area contributed by atoms with E-state index in [0.717, 1.165) is 11.1 Å². The Balaban J connectivity index is 1.62. The first kappa shape index (κ1) is 22.9. The number of aryl methyl sites for hydroxylation is 1. The number of nitrogens with zero attached hydrogens (tertiary/aromatic N) is 1. The second kappa shape index (κ2) is 8.90. The first-order chi connectivity index (χ1) is 15.7. The van der Waals surface area contributed by atoms with Gasteiger partial charge in [0.25, 0.3) is 15.9 Å². The molecule has 3 aromatic rings. The highest BCUT2D eigenvalue weighted by molar-refractivity contribution is 7.92. The first-order valence-electron chi connectivity index (χ1n) is 10.9. The minimum absolute atomic E-state index is 0.111. The number of carbonyl (C=O) groups is 1. The Morgan fingerprint density at radius 2 is 1.67 bits per heavy atom. The molecule has 0 radical (unpaired) electrons. The van der Waals surface area contributed by atoms with E-state index in [-0.39, 0.29) is 17.3 Å². The van der Waals surface area contributed by atoms with E-state index in [1.165, 1.54) is 4.31 Å². The van der Waals surface area contributed by atoms with E-state index in [4.69, 9.17) is 4.74 Å². The van der Waals surface area contributed by atoms with Crippen molar-refractivity contribution in [1.29, 1.82) is 0 Å². The van der Waals surface area contributed by atoms with Crippen molar-refractivity contribution in [3.8, 4) is 5.75 Å². The van der Waals surface area contributed by atoms with E-state index >= 15 is 0 Å². The van der Waals surface area contributed by atoms with Crippen LogP contribution >= 0.6 is 0 Å². The SMILES string of the molecule is Cc1ccc2c(c1)O[C@@H](C(=O)NC(C)(C)Cc1ccccc1)CN2S(=O)(=O)c1ccccc1. The van der Waals surface area contributed by atoms with E-state index in [2.05, 4.69) is 5.32 Å². The summed E-state index contributed by atoms with van der Waals surface area (Å²) in [6, 6.07) is 23.4. The lowest BCUT2D eigenvalue weighted by Gasteiger charge is -2.36. The highest BCUT2D eigenvalue weighted by atomic mass is 32.2. The summed E-state index contributed by atoms with van der Waals surface area (Å²) in [5, 5.41) is 3.05. The van der Waals surface area contributed by atoms with Gasteiger partial charge in [-0.1, -0.05) is 54.6 Å². The molecule has 1 atom stereocenters. The van der Waals surface area contributed by atoms with Crippen molar-refractivity contribution >= 4 is 21.6 Å². The Bertz CT molecular complexity index is 1240. The average Bonchev–Trinajstić information content (AvgIpc) is 2.78. The van der Waals surface area contributed by atoms with Gasteiger partial charge in [0.1, 0.15) is 5.75 Å². The largest absolute Gasteiger partial charge is 0.476 e. The van der Waals surface area contributed by atoms with Crippen molar-refractivity contribution in [2.75, 3.05) is 10.8 Å². The number of amides is 1. The number of rotatable bonds is 6. The summed E-state index contributed by atoms with van der Waals surface area (Å²) in [6.07, 6.45) is -0.346. The van der Waals surface area contributed by atoms with Crippen molar-refractivity contribution in [2.45, 2.75) is 43.7 Å². The minimum atomic E-state index is -3.87. The predicted molar refractivity (Wildman–Crippen MR) is 129 cm³/mol. The van der Waals surface area contributed by atoms with Crippen molar-refractivity contribution in [2.24, 2.45) is 0 Å². The van der Waals surface area contributed by atoms with Gasteiger partial charge in [-0.15, -0.1) is 0 Å². The fourth-order valence-corrected chi connectivity index (χ4v) is 5.51. The van der Waals surface area contributed by atoms with Crippen molar-refractivity contribution in [3.05, 3.63) is 90.0 Å². The highest BCUT2D eigenvalue weighted by Gasteiger charge is 2.38. The van der Waals surface area contributed by atoms with Crippen LogP contribution in [0.25, 0.3) is 0 Å². The summed E-state index contributed by atoms with van der Waals surface area (Å²) in [7, 11) is -3.87. The van der Waals surface area contributed by atoms with Gasteiger partial charge >= 0.3 is 0 Å². The summed E-state index contributed by atoms with van der Waals surface area (Å²) in [5.41, 5.74) is 1.90. The molecular formula is C26H28N2O4S. The lowest BCUT2D eigenvalue weighted by atomic mass is 9.94. The van der Waals surface area contributed by atoms with Crippen molar-refractivity contribution in [1.82, 2.24) is 5.32 Å². The third-order valence-corrected chi connectivity index (χ3v) is 7.35. The second-order valence-corrected chi connectivity index (χ2v) is 10.8. The topological polar surface area (TPSA) is 75.7 Å². The molecule has 1 aliphatic rings. The van der Waals surface area contributed by atoms with E-state index in [1.807, 2.05) is 57.2 Å². The molecule has 0 saturated heterocycles. The Morgan fingerprint density at radius 1 is 1.03 bits per heavy atom. The van der Waals surface area contributed by atoms with Crippen LogP contribution in [0, 0.1) is 6.92 Å². The number of hydrogen-bond acceptors (Lipinski definition) is 4. The maximum Gasteiger partial charge on any atom is 0.264 e. The molecule has 4 rings (SSSR count). The van der Waals surface area contributed by atoms with Gasteiger partial charge in [-0.25, -0.2) is 8.42 Å². The molecule has 1 heterocycles. The molecule has 0 saturated carbocycles. The monoisotopic (exact) mass is 464 g/mol. The summed E-state index contributed by atoms with van der Waals surface area (Å²) < 4.78 is 34.2. The fourth-order valence-electron chi connectivity index (χ4n) is 4.01. The second-order valence-electron chi connectivity index (χ2n) is 8.96. The zero-order valence-electron chi connectivity index (χ0n) is 19.0. The number of fused-ring (bicyclic) bond motifs is 1. The van der Waals surface area contributed by atoms with Crippen molar-refractivity contribution < 1.29 is 17.9 Å². The van der Waals surface area contributed by atoms with Gasteiger partial charge in [-0.05, 0) is 62.6 Å². The third kappa shape index (κ3) is 5.03. The van der Waals surface area contributed by atoms with Gasteiger partial charge < -0.3 is 10.1 Å². The predicted octanol–water partition coefficient (Wildman–Crippen LogP) is 4.09. The molecule has 0 aromatic heterocycles. The van der Waals surface area contributed by atoms with Crippen LogP contribution in [0.15, 0.2) is 83.8 Å². The van der Waals surface area contributed by atoms with Gasteiger partial charge in [0, 0.05) is 5.54 Å². The average molecular weight is 465 g/mol. The minimum Gasteiger partial charge on any atom is -0.476 e. The summed E-state index contributed by atoms with van der Waals surface area (Å²) in [5.74, 6) is 0.0260. The molecule has 1 N–H and O–H groups in total. The summed E-state index contributed by atoms with van der Waals surface area (Å²) in [6.45, 7) is 5.67. The van der Waals surface area contributed by atoms with Crippen LogP contribution in [0.5, 0.6) is 5.75 Å². The molecule has 3 aromatic carbocycles. The van der Waals surface area contributed by atoms with Gasteiger partial charge in [-0.2, -0.15) is 0 Å². The maximum atomic E-state index is 13.5. The number of hydrogen-bond donors (Lipinski definition) is 1. The molecule has 33 heavy (non-hydrogen) atoms. The molecule has 0 aliphatic carbocycles. The number of sulfonamides is 1. The fraction of sp³-hybridized carbons (Fsp3) is 0.269. The van der Waals surface area contributed by atoms with E-state index < -0.39 is 21.7 Å². The van der Waals surface area contributed by atoms with E-state index in [1.54, 1.807) is 42.5 Å². The molecule has 6 nitrogen and oxygen atoms in total. The Hall–Kier alpha value is -3.32.